The second kappa shape index (κ2) is 7.36. The van der Waals surface area contributed by atoms with Crippen LogP contribution in [0.4, 0.5) is 4.79 Å². The molecule has 1 aliphatic heterocycles. The summed E-state index contributed by atoms with van der Waals surface area (Å²) in [5.41, 5.74) is 0.896. The Hall–Kier alpha value is -1.69. The summed E-state index contributed by atoms with van der Waals surface area (Å²) in [6, 6.07) is 8.28. The molecule has 0 aliphatic carbocycles. The molecule has 2 amide bonds. The average molecular weight is 308 g/mol. The Bertz CT molecular complexity index is 495. The fraction of sp³-hybridized carbons (Fsp3) is 0.467. The molecule has 0 aromatic heterocycles. The van der Waals surface area contributed by atoms with Crippen molar-refractivity contribution in [1.29, 1.82) is 0 Å². The molecule has 1 heterocycles. The summed E-state index contributed by atoms with van der Waals surface area (Å²) < 4.78 is 0. The number of hydrogen-bond donors (Lipinski definition) is 2. The van der Waals surface area contributed by atoms with Gasteiger partial charge in [0.15, 0.2) is 0 Å². The van der Waals surface area contributed by atoms with Crippen molar-refractivity contribution >= 4 is 23.8 Å². The lowest BCUT2D eigenvalue weighted by atomic mass is 10.1. The summed E-state index contributed by atoms with van der Waals surface area (Å²) in [4.78, 5) is 25.3. The lowest BCUT2D eigenvalue weighted by Gasteiger charge is -2.33. The minimum absolute atomic E-state index is 0.134. The fourth-order valence-corrected chi connectivity index (χ4v) is 3.32. The zero-order valence-corrected chi connectivity index (χ0v) is 12.8. The topological polar surface area (TPSA) is 69.6 Å². The van der Waals surface area contributed by atoms with Crippen LogP contribution in [-0.4, -0.2) is 52.1 Å². The summed E-state index contributed by atoms with van der Waals surface area (Å²) in [5.74, 6) is 0.782. The normalized spacial score (nSPS) is 19.9. The minimum Gasteiger partial charge on any atom is -0.480 e. The molecule has 2 atom stereocenters. The van der Waals surface area contributed by atoms with E-state index in [-0.39, 0.29) is 12.1 Å². The second-order valence-corrected chi connectivity index (χ2v) is 6.30. The van der Waals surface area contributed by atoms with Gasteiger partial charge in [0.1, 0.15) is 6.04 Å². The molecular formula is C15H20N2O3S. The van der Waals surface area contributed by atoms with E-state index >= 15 is 0 Å². The van der Waals surface area contributed by atoms with E-state index in [2.05, 4.69) is 5.32 Å². The summed E-state index contributed by atoms with van der Waals surface area (Å²) in [6.07, 6.45) is 0.291. The van der Waals surface area contributed by atoms with Crippen LogP contribution in [0.2, 0.25) is 0 Å². The first-order valence-electron chi connectivity index (χ1n) is 6.99. The lowest BCUT2D eigenvalue weighted by Crippen LogP contribution is -2.53. The average Bonchev–Trinajstić information content (AvgIpc) is 2.48. The third-order valence-corrected chi connectivity index (χ3v) is 4.70. The van der Waals surface area contributed by atoms with Crippen LogP contribution in [0.5, 0.6) is 0 Å². The Kier molecular flexibility index (Phi) is 5.50. The van der Waals surface area contributed by atoms with Crippen molar-refractivity contribution in [2.75, 3.05) is 18.1 Å². The SMILES string of the molecule is CC1CSCCN1C(=O)N[C@H](Cc1ccccc1)C(=O)O. The molecule has 1 aromatic rings. The number of urea groups is 1. The first-order chi connectivity index (χ1) is 10.1. The number of carboxylic acids is 1. The van der Waals surface area contributed by atoms with Gasteiger partial charge in [0.2, 0.25) is 0 Å². The second-order valence-electron chi connectivity index (χ2n) is 5.15. The fourth-order valence-electron chi connectivity index (χ4n) is 2.31. The van der Waals surface area contributed by atoms with Crippen molar-refractivity contribution in [3.05, 3.63) is 35.9 Å². The predicted octanol–water partition coefficient (Wildman–Crippen LogP) is 1.83. The number of amides is 2. The quantitative estimate of drug-likeness (QED) is 0.890. The van der Waals surface area contributed by atoms with E-state index in [0.717, 1.165) is 17.1 Å². The minimum atomic E-state index is -1.01. The summed E-state index contributed by atoms with van der Waals surface area (Å²) in [7, 11) is 0. The van der Waals surface area contributed by atoms with Crippen LogP contribution in [0.15, 0.2) is 30.3 Å². The molecule has 0 radical (unpaired) electrons. The first kappa shape index (κ1) is 15.7. The number of aliphatic carboxylic acids is 1. The molecule has 2 N–H and O–H groups in total. The van der Waals surface area contributed by atoms with Crippen LogP contribution in [0.25, 0.3) is 0 Å². The van der Waals surface area contributed by atoms with Gasteiger partial charge in [0, 0.05) is 30.5 Å². The smallest absolute Gasteiger partial charge is 0.326 e. The highest BCUT2D eigenvalue weighted by Gasteiger charge is 2.27. The van der Waals surface area contributed by atoms with E-state index in [1.165, 1.54) is 0 Å². The molecule has 5 nitrogen and oxygen atoms in total. The van der Waals surface area contributed by atoms with E-state index in [1.807, 2.05) is 49.0 Å². The third kappa shape index (κ3) is 4.39. The van der Waals surface area contributed by atoms with Crippen molar-refractivity contribution in [2.24, 2.45) is 0 Å². The number of carbonyl (C=O) groups is 2. The van der Waals surface area contributed by atoms with E-state index in [9.17, 15) is 14.7 Å². The Morgan fingerprint density at radius 3 is 2.76 bits per heavy atom. The Balaban J connectivity index is 1.99. The number of carbonyl (C=O) groups excluding carboxylic acids is 1. The summed E-state index contributed by atoms with van der Waals surface area (Å²) in [6.45, 7) is 2.65. The third-order valence-electron chi connectivity index (χ3n) is 3.51. The molecular weight excluding hydrogens is 288 g/mol. The van der Waals surface area contributed by atoms with Crippen LogP contribution in [-0.2, 0) is 11.2 Å². The van der Waals surface area contributed by atoms with Gasteiger partial charge < -0.3 is 15.3 Å². The highest BCUT2D eigenvalue weighted by Crippen LogP contribution is 2.16. The maximum atomic E-state index is 12.3. The van der Waals surface area contributed by atoms with Gasteiger partial charge in [-0.05, 0) is 12.5 Å². The van der Waals surface area contributed by atoms with Crippen molar-refractivity contribution < 1.29 is 14.7 Å². The molecule has 2 rings (SSSR count). The number of rotatable bonds is 4. The zero-order valence-electron chi connectivity index (χ0n) is 12.0. The van der Waals surface area contributed by atoms with Crippen LogP contribution >= 0.6 is 11.8 Å². The molecule has 0 spiro atoms. The predicted molar refractivity (Wildman–Crippen MR) is 83.6 cm³/mol. The standard InChI is InChI=1S/C15H20N2O3S/c1-11-10-21-8-7-17(11)15(20)16-13(14(18)19)9-12-5-3-2-4-6-12/h2-6,11,13H,7-10H2,1H3,(H,16,20)(H,18,19)/t11?,13-/m1/s1. The highest BCUT2D eigenvalue weighted by atomic mass is 32.2. The van der Waals surface area contributed by atoms with Gasteiger partial charge >= 0.3 is 12.0 Å². The number of benzene rings is 1. The molecule has 1 unspecified atom stereocenters. The maximum Gasteiger partial charge on any atom is 0.326 e. The molecule has 6 heteroatoms. The molecule has 1 saturated heterocycles. The molecule has 1 aromatic carbocycles. The van der Waals surface area contributed by atoms with Crippen LogP contribution < -0.4 is 5.32 Å². The molecule has 0 bridgehead atoms. The number of nitrogens with zero attached hydrogens (tertiary/aromatic N) is 1. The van der Waals surface area contributed by atoms with Crippen molar-refractivity contribution in [1.82, 2.24) is 10.2 Å². The lowest BCUT2D eigenvalue weighted by molar-refractivity contribution is -0.139. The van der Waals surface area contributed by atoms with Gasteiger partial charge in [-0.3, -0.25) is 0 Å². The summed E-state index contributed by atoms with van der Waals surface area (Å²) >= 11 is 1.81. The van der Waals surface area contributed by atoms with E-state index in [4.69, 9.17) is 0 Å². The monoisotopic (exact) mass is 308 g/mol. The van der Waals surface area contributed by atoms with E-state index in [0.29, 0.717) is 13.0 Å². The van der Waals surface area contributed by atoms with Gasteiger partial charge in [0.25, 0.3) is 0 Å². The van der Waals surface area contributed by atoms with Gasteiger partial charge in [-0.1, -0.05) is 30.3 Å². The summed E-state index contributed by atoms with van der Waals surface area (Å²) in [5, 5.41) is 12.0. The van der Waals surface area contributed by atoms with Crippen molar-refractivity contribution in [3.63, 3.8) is 0 Å². The number of carboxylic acid groups (broad SMARTS) is 1. The number of nitrogens with one attached hydrogen (secondary N) is 1. The highest BCUT2D eigenvalue weighted by molar-refractivity contribution is 7.99. The molecule has 1 aliphatic rings. The first-order valence-corrected chi connectivity index (χ1v) is 8.15. The van der Waals surface area contributed by atoms with Gasteiger partial charge in [-0.25, -0.2) is 9.59 Å². The number of hydrogen-bond acceptors (Lipinski definition) is 3. The Labute approximate surface area is 128 Å². The van der Waals surface area contributed by atoms with Gasteiger partial charge in [-0.15, -0.1) is 0 Å². The number of thioether (sulfide) groups is 1. The largest absolute Gasteiger partial charge is 0.480 e. The van der Waals surface area contributed by atoms with Gasteiger partial charge in [-0.2, -0.15) is 11.8 Å². The maximum absolute atomic E-state index is 12.3. The zero-order chi connectivity index (χ0) is 15.2. The van der Waals surface area contributed by atoms with E-state index < -0.39 is 12.0 Å². The molecule has 21 heavy (non-hydrogen) atoms. The molecule has 0 saturated carbocycles. The van der Waals surface area contributed by atoms with Crippen molar-refractivity contribution in [3.8, 4) is 0 Å². The van der Waals surface area contributed by atoms with Crippen LogP contribution in [0.1, 0.15) is 12.5 Å². The Morgan fingerprint density at radius 2 is 2.14 bits per heavy atom. The molecule has 114 valence electrons. The Morgan fingerprint density at radius 1 is 1.43 bits per heavy atom. The van der Waals surface area contributed by atoms with Crippen molar-refractivity contribution in [2.45, 2.75) is 25.4 Å². The van der Waals surface area contributed by atoms with Crippen LogP contribution in [0, 0.1) is 0 Å². The van der Waals surface area contributed by atoms with Crippen LogP contribution in [0.3, 0.4) is 0 Å². The van der Waals surface area contributed by atoms with Gasteiger partial charge in [0.05, 0.1) is 0 Å². The van der Waals surface area contributed by atoms with E-state index in [1.54, 1.807) is 4.90 Å². The molecule has 1 fully saturated rings.